The molecule has 1 N–H and O–H groups in total. The van der Waals surface area contributed by atoms with E-state index in [-0.39, 0.29) is 5.91 Å². The lowest BCUT2D eigenvalue weighted by Gasteiger charge is -2.17. The SMILES string of the molecule is COc1cccc(OCCNC(=O)[C@H](C)Oc2cccc(C)c2C)c1. The predicted octanol–water partition coefficient (Wildman–Crippen LogP) is 3.27. The molecular weight excluding hydrogens is 318 g/mol. The molecule has 0 saturated heterocycles. The van der Waals surface area contributed by atoms with Crippen LogP contribution in [0.15, 0.2) is 42.5 Å². The summed E-state index contributed by atoms with van der Waals surface area (Å²) in [5.74, 6) is 2.00. The summed E-state index contributed by atoms with van der Waals surface area (Å²) in [5.41, 5.74) is 2.18. The Balaban J connectivity index is 1.76. The van der Waals surface area contributed by atoms with Gasteiger partial charge in [0.25, 0.3) is 5.91 Å². The van der Waals surface area contributed by atoms with Gasteiger partial charge in [0.15, 0.2) is 6.10 Å². The van der Waals surface area contributed by atoms with Crippen LogP contribution >= 0.6 is 0 Å². The molecule has 2 aromatic carbocycles. The smallest absolute Gasteiger partial charge is 0.260 e. The van der Waals surface area contributed by atoms with Crippen molar-refractivity contribution in [2.45, 2.75) is 26.9 Å². The topological polar surface area (TPSA) is 56.8 Å². The van der Waals surface area contributed by atoms with Crippen molar-refractivity contribution in [3.05, 3.63) is 53.6 Å². The highest BCUT2D eigenvalue weighted by Gasteiger charge is 2.15. The van der Waals surface area contributed by atoms with Crippen molar-refractivity contribution < 1.29 is 19.0 Å². The lowest BCUT2D eigenvalue weighted by molar-refractivity contribution is -0.127. The van der Waals surface area contributed by atoms with Crippen molar-refractivity contribution in [1.82, 2.24) is 5.32 Å². The number of hydrogen-bond donors (Lipinski definition) is 1. The maximum Gasteiger partial charge on any atom is 0.260 e. The normalized spacial score (nSPS) is 11.5. The Hall–Kier alpha value is -2.69. The predicted molar refractivity (Wildman–Crippen MR) is 97.5 cm³/mol. The second kappa shape index (κ2) is 8.97. The molecule has 0 aromatic heterocycles. The van der Waals surface area contributed by atoms with Crippen molar-refractivity contribution in [2.75, 3.05) is 20.3 Å². The first-order valence-electron chi connectivity index (χ1n) is 8.28. The molecule has 1 atom stereocenters. The van der Waals surface area contributed by atoms with Crippen molar-refractivity contribution in [3.8, 4) is 17.2 Å². The lowest BCUT2D eigenvalue weighted by Crippen LogP contribution is -2.38. The van der Waals surface area contributed by atoms with E-state index in [9.17, 15) is 4.79 Å². The minimum absolute atomic E-state index is 0.171. The summed E-state index contributed by atoms with van der Waals surface area (Å²) in [7, 11) is 1.61. The van der Waals surface area contributed by atoms with E-state index in [1.165, 1.54) is 0 Å². The lowest BCUT2D eigenvalue weighted by atomic mass is 10.1. The Labute approximate surface area is 148 Å². The number of nitrogens with one attached hydrogen (secondary N) is 1. The molecule has 0 aliphatic rings. The third-order valence-electron chi connectivity index (χ3n) is 3.94. The van der Waals surface area contributed by atoms with Gasteiger partial charge in [-0.3, -0.25) is 4.79 Å². The molecule has 0 bridgehead atoms. The Morgan fingerprint density at radius 1 is 1.12 bits per heavy atom. The quantitative estimate of drug-likeness (QED) is 0.748. The summed E-state index contributed by atoms with van der Waals surface area (Å²) in [4.78, 5) is 12.1. The molecule has 5 nitrogen and oxygen atoms in total. The zero-order valence-electron chi connectivity index (χ0n) is 15.2. The van der Waals surface area contributed by atoms with Crippen LogP contribution in [0.3, 0.4) is 0 Å². The van der Waals surface area contributed by atoms with Crippen LogP contribution in [0.4, 0.5) is 0 Å². The van der Waals surface area contributed by atoms with E-state index in [0.29, 0.717) is 18.9 Å². The summed E-state index contributed by atoms with van der Waals surface area (Å²) in [6.07, 6.45) is -0.572. The van der Waals surface area contributed by atoms with E-state index in [4.69, 9.17) is 14.2 Å². The molecule has 134 valence electrons. The molecule has 0 saturated carbocycles. The summed E-state index contributed by atoms with van der Waals surface area (Å²) in [6, 6.07) is 13.2. The third kappa shape index (κ3) is 5.41. The molecule has 0 radical (unpaired) electrons. The van der Waals surface area contributed by atoms with Crippen LogP contribution in [0.5, 0.6) is 17.2 Å². The monoisotopic (exact) mass is 343 g/mol. The van der Waals surface area contributed by atoms with Gasteiger partial charge in [-0.2, -0.15) is 0 Å². The third-order valence-corrected chi connectivity index (χ3v) is 3.94. The average Bonchev–Trinajstić information content (AvgIpc) is 2.62. The average molecular weight is 343 g/mol. The van der Waals surface area contributed by atoms with Crippen LogP contribution in [0.2, 0.25) is 0 Å². The standard InChI is InChI=1S/C20H25NO4/c1-14-7-5-10-19(15(14)2)25-16(3)20(22)21-11-12-24-18-9-6-8-17(13-18)23-4/h5-10,13,16H,11-12H2,1-4H3,(H,21,22)/t16-/m0/s1. The molecule has 1 amide bonds. The van der Waals surface area contributed by atoms with Gasteiger partial charge >= 0.3 is 0 Å². The van der Waals surface area contributed by atoms with Gasteiger partial charge in [-0.05, 0) is 50.1 Å². The maximum atomic E-state index is 12.1. The Morgan fingerprint density at radius 2 is 1.84 bits per heavy atom. The number of rotatable bonds is 8. The fraction of sp³-hybridized carbons (Fsp3) is 0.350. The first-order valence-corrected chi connectivity index (χ1v) is 8.28. The summed E-state index contributed by atoms with van der Waals surface area (Å²) >= 11 is 0. The number of methoxy groups -OCH3 is 1. The summed E-state index contributed by atoms with van der Waals surface area (Å²) < 4.78 is 16.5. The van der Waals surface area contributed by atoms with E-state index >= 15 is 0 Å². The minimum Gasteiger partial charge on any atom is -0.497 e. The van der Waals surface area contributed by atoms with Crippen LogP contribution in [0.1, 0.15) is 18.1 Å². The molecule has 2 rings (SSSR count). The number of hydrogen-bond acceptors (Lipinski definition) is 4. The molecule has 0 aliphatic heterocycles. The van der Waals surface area contributed by atoms with E-state index in [1.807, 2.05) is 50.2 Å². The summed E-state index contributed by atoms with van der Waals surface area (Å²) in [5, 5.41) is 2.82. The summed E-state index contributed by atoms with van der Waals surface area (Å²) in [6.45, 7) is 6.51. The van der Waals surface area contributed by atoms with Gasteiger partial charge in [-0.25, -0.2) is 0 Å². The molecule has 0 fully saturated rings. The van der Waals surface area contributed by atoms with Gasteiger partial charge < -0.3 is 19.5 Å². The number of ether oxygens (including phenoxy) is 3. The van der Waals surface area contributed by atoms with Gasteiger partial charge in [0.05, 0.1) is 13.7 Å². The van der Waals surface area contributed by atoms with Crippen LogP contribution < -0.4 is 19.5 Å². The zero-order chi connectivity index (χ0) is 18.2. The molecule has 0 heterocycles. The van der Waals surface area contributed by atoms with Crippen LogP contribution in [-0.2, 0) is 4.79 Å². The Morgan fingerprint density at radius 3 is 2.60 bits per heavy atom. The second-order valence-electron chi connectivity index (χ2n) is 5.78. The molecule has 5 heteroatoms. The highest BCUT2D eigenvalue weighted by molar-refractivity contribution is 5.80. The number of carbonyl (C=O) groups is 1. The molecule has 0 spiro atoms. The first-order chi connectivity index (χ1) is 12.0. The Kier molecular flexibility index (Phi) is 6.69. The van der Waals surface area contributed by atoms with Crippen molar-refractivity contribution >= 4 is 5.91 Å². The number of amides is 1. The van der Waals surface area contributed by atoms with Crippen LogP contribution in [0, 0.1) is 13.8 Å². The van der Waals surface area contributed by atoms with E-state index in [2.05, 4.69) is 5.32 Å². The number of benzene rings is 2. The van der Waals surface area contributed by atoms with E-state index in [1.54, 1.807) is 20.1 Å². The minimum atomic E-state index is -0.572. The molecule has 0 unspecified atom stereocenters. The van der Waals surface area contributed by atoms with Gasteiger partial charge in [-0.1, -0.05) is 18.2 Å². The maximum absolute atomic E-state index is 12.1. The zero-order valence-corrected chi connectivity index (χ0v) is 15.2. The van der Waals surface area contributed by atoms with Gasteiger partial charge in [0, 0.05) is 6.07 Å². The molecule has 25 heavy (non-hydrogen) atoms. The van der Waals surface area contributed by atoms with Gasteiger partial charge in [-0.15, -0.1) is 0 Å². The van der Waals surface area contributed by atoms with E-state index < -0.39 is 6.10 Å². The molecular formula is C20H25NO4. The number of aryl methyl sites for hydroxylation is 1. The second-order valence-corrected chi connectivity index (χ2v) is 5.78. The molecule has 0 aliphatic carbocycles. The molecule has 2 aromatic rings. The van der Waals surface area contributed by atoms with E-state index in [0.717, 1.165) is 22.6 Å². The van der Waals surface area contributed by atoms with Crippen LogP contribution in [-0.4, -0.2) is 32.3 Å². The first kappa shape index (κ1) is 18.6. The highest BCUT2D eigenvalue weighted by Crippen LogP contribution is 2.21. The van der Waals surface area contributed by atoms with Gasteiger partial charge in [0.1, 0.15) is 23.9 Å². The van der Waals surface area contributed by atoms with Crippen molar-refractivity contribution in [2.24, 2.45) is 0 Å². The largest absolute Gasteiger partial charge is 0.497 e. The van der Waals surface area contributed by atoms with Crippen molar-refractivity contribution in [3.63, 3.8) is 0 Å². The van der Waals surface area contributed by atoms with Crippen LogP contribution in [0.25, 0.3) is 0 Å². The fourth-order valence-electron chi connectivity index (χ4n) is 2.27. The number of carbonyl (C=O) groups excluding carboxylic acids is 1. The van der Waals surface area contributed by atoms with Gasteiger partial charge in [0.2, 0.25) is 0 Å². The highest BCUT2D eigenvalue weighted by atomic mass is 16.5. The fourth-order valence-corrected chi connectivity index (χ4v) is 2.27. The Bertz CT molecular complexity index is 715. The van der Waals surface area contributed by atoms with Crippen molar-refractivity contribution in [1.29, 1.82) is 0 Å².